The van der Waals surface area contributed by atoms with Crippen molar-refractivity contribution in [3.63, 3.8) is 0 Å². The number of aryl methyl sites for hydroxylation is 3. The van der Waals surface area contributed by atoms with E-state index in [1.807, 2.05) is 0 Å². The molecule has 2 aromatic rings. The number of aromatic nitrogens is 1. The van der Waals surface area contributed by atoms with E-state index >= 15 is 0 Å². The lowest BCUT2D eigenvalue weighted by atomic mass is 10.1. The van der Waals surface area contributed by atoms with E-state index in [9.17, 15) is 0 Å². The minimum absolute atomic E-state index is 1.07. The summed E-state index contributed by atoms with van der Waals surface area (Å²) in [6.45, 7) is 10.1. The van der Waals surface area contributed by atoms with Gasteiger partial charge < -0.3 is 9.88 Å². The largest absolute Gasteiger partial charge is 0.346 e. The summed E-state index contributed by atoms with van der Waals surface area (Å²) in [7, 11) is 2.21. The highest BCUT2D eigenvalue weighted by Gasteiger charge is 2.17. The number of para-hydroxylation sites is 1. The number of hydrogen-bond acceptors (Lipinski definition) is 2. The molecule has 0 bridgehead atoms. The number of nitrogens with zero attached hydrogens (tertiary/aromatic N) is 2. The average molecular weight is 257 g/mol. The first-order valence-electron chi connectivity index (χ1n) is 7.15. The normalized spacial score (nSPS) is 17.2. The van der Waals surface area contributed by atoms with Gasteiger partial charge in [-0.05, 0) is 25.0 Å². The van der Waals surface area contributed by atoms with Gasteiger partial charge in [0, 0.05) is 50.9 Å². The van der Waals surface area contributed by atoms with Gasteiger partial charge in [-0.3, -0.25) is 4.90 Å². The molecule has 19 heavy (non-hydrogen) atoms. The van der Waals surface area contributed by atoms with Gasteiger partial charge in [0.2, 0.25) is 0 Å². The third kappa shape index (κ3) is 2.17. The topological polar surface area (TPSA) is 20.2 Å². The lowest BCUT2D eigenvalue weighted by Crippen LogP contribution is -2.43. The van der Waals surface area contributed by atoms with E-state index < -0.39 is 0 Å². The molecule has 1 N–H and O–H groups in total. The first-order chi connectivity index (χ1) is 9.18. The van der Waals surface area contributed by atoms with Crippen molar-refractivity contribution in [3.05, 3.63) is 35.0 Å². The molecule has 1 aliphatic heterocycles. The van der Waals surface area contributed by atoms with Crippen molar-refractivity contribution in [2.24, 2.45) is 7.05 Å². The Morgan fingerprint density at radius 1 is 1.16 bits per heavy atom. The van der Waals surface area contributed by atoms with Gasteiger partial charge in [-0.25, -0.2) is 0 Å². The predicted octanol–water partition coefficient (Wildman–Crippen LogP) is 2.20. The van der Waals surface area contributed by atoms with Crippen LogP contribution in [0.5, 0.6) is 0 Å². The molecule has 0 radical (unpaired) electrons. The molecular weight excluding hydrogens is 234 g/mol. The molecule has 3 heteroatoms. The molecule has 3 rings (SSSR count). The number of fused-ring (bicyclic) bond motifs is 1. The highest BCUT2D eigenvalue weighted by atomic mass is 15.2. The Bertz CT molecular complexity index is 592. The maximum atomic E-state index is 3.42. The third-order valence-corrected chi connectivity index (χ3v) is 4.40. The van der Waals surface area contributed by atoms with Crippen LogP contribution >= 0.6 is 0 Å². The van der Waals surface area contributed by atoms with Crippen LogP contribution in [-0.2, 0) is 13.6 Å². The number of nitrogens with one attached hydrogen (secondary N) is 1. The standard InChI is InChI=1S/C16H23N3/c1-12-5-4-6-14-13(2)15(18(3)16(12)14)11-19-9-7-17-8-10-19/h4-6,17H,7-11H2,1-3H3. The summed E-state index contributed by atoms with van der Waals surface area (Å²) in [5.74, 6) is 0. The van der Waals surface area contributed by atoms with Crippen LogP contribution in [0.25, 0.3) is 10.9 Å². The summed E-state index contributed by atoms with van der Waals surface area (Å²) in [6, 6.07) is 6.62. The van der Waals surface area contributed by atoms with Gasteiger partial charge in [-0.1, -0.05) is 18.2 Å². The molecule has 1 saturated heterocycles. The fourth-order valence-corrected chi connectivity index (χ4v) is 3.25. The number of hydrogen-bond donors (Lipinski definition) is 1. The molecule has 2 heterocycles. The number of piperazine rings is 1. The Morgan fingerprint density at radius 2 is 1.89 bits per heavy atom. The van der Waals surface area contributed by atoms with Crippen molar-refractivity contribution < 1.29 is 0 Å². The zero-order valence-electron chi connectivity index (χ0n) is 12.2. The monoisotopic (exact) mass is 257 g/mol. The van der Waals surface area contributed by atoms with Gasteiger partial charge in [0.05, 0.1) is 5.52 Å². The molecule has 1 aromatic heterocycles. The molecule has 1 fully saturated rings. The highest BCUT2D eigenvalue weighted by molar-refractivity contribution is 5.87. The maximum Gasteiger partial charge on any atom is 0.0512 e. The smallest absolute Gasteiger partial charge is 0.0512 e. The molecule has 0 saturated carbocycles. The summed E-state index contributed by atoms with van der Waals surface area (Å²) in [6.07, 6.45) is 0. The fraction of sp³-hybridized carbons (Fsp3) is 0.500. The average Bonchev–Trinajstić information content (AvgIpc) is 2.66. The molecule has 1 aromatic carbocycles. The van der Waals surface area contributed by atoms with Gasteiger partial charge in [0.1, 0.15) is 0 Å². The second-order valence-electron chi connectivity index (χ2n) is 5.63. The van der Waals surface area contributed by atoms with Crippen LogP contribution in [-0.4, -0.2) is 35.6 Å². The number of benzene rings is 1. The maximum absolute atomic E-state index is 3.42. The van der Waals surface area contributed by atoms with Crippen molar-refractivity contribution in [2.45, 2.75) is 20.4 Å². The van der Waals surface area contributed by atoms with Crippen LogP contribution < -0.4 is 5.32 Å². The van der Waals surface area contributed by atoms with Crippen LogP contribution in [0.2, 0.25) is 0 Å². The van der Waals surface area contributed by atoms with Gasteiger partial charge in [-0.15, -0.1) is 0 Å². The number of rotatable bonds is 2. The molecule has 0 unspecified atom stereocenters. The van der Waals surface area contributed by atoms with E-state index in [1.54, 1.807) is 0 Å². The van der Waals surface area contributed by atoms with Crippen LogP contribution in [0.1, 0.15) is 16.8 Å². The summed E-state index contributed by atoms with van der Waals surface area (Å²) < 4.78 is 2.39. The molecule has 0 aliphatic carbocycles. The molecule has 0 atom stereocenters. The van der Waals surface area contributed by atoms with Gasteiger partial charge >= 0.3 is 0 Å². The van der Waals surface area contributed by atoms with Gasteiger partial charge in [-0.2, -0.15) is 0 Å². The van der Waals surface area contributed by atoms with E-state index in [0.717, 1.165) is 32.7 Å². The molecule has 102 valence electrons. The van der Waals surface area contributed by atoms with Crippen LogP contribution in [0, 0.1) is 13.8 Å². The summed E-state index contributed by atoms with van der Waals surface area (Å²) >= 11 is 0. The van der Waals surface area contributed by atoms with Crippen molar-refractivity contribution in [3.8, 4) is 0 Å². The Labute approximate surface area is 115 Å². The Kier molecular flexibility index (Phi) is 3.33. The molecular formula is C16H23N3. The quantitative estimate of drug-likeness (QED) is 0.890. The van der Waals surface area contributed by atoms with Gasteiger partial charge in [0.25, 0.3) is 0 Å². The summed E-state index contributed by atoms with van der Waals surface area (Å²) in [5, 5.41) is 4.83. The van der Waals surface area contributed by atoms with E-state index in [1.165, 1.54) is 27.7 Å². The Hall–Kier alpha value is -1.32. The zero-order valence-corrected chi connectivity index (χ0v) is 12.2. The molecule has 1 aliphatic rings. The predicted molar refractivity (Wildman–Crippen MR) is 80.5 cm³/mol. The van der Waals surface area contributed by atoms with E-state index in [2.05, 4.69) is 53.9 Å². The van der Waals surface area contributed by atoms with E-state index in [-0.39, 0.29) is 0 Å². The molecule has 3 nitrogen and oxygen atoms in total. The van der Waals surface area contributed by atoms with Crippen LogP contribution in [0.3, 0.4) is 0 Å². The second-order valence-corrected chi connectivity index (χ2v) is 5.63. The zero-order chi connectivity index (χ0) is 13.4. The van der Waals surface area contributed by atoms with Crippen molar-refractivity contribution in [2.75, 3.05) is 26.2 Å². The van der Waals surface area contributed by atoms with Crippen molar-refractivity contribution >= 4 is 10.9 Å². The van der Waals surface area contributed by atoms with E-state index in [4.69, 9.17) is 0 Å². The third-order valence-electron chi connectivity index (χ3n) is 4.40. The second kappa shape index (κ2) is 4.99. The summed E-state index contributed by atoms with van der Waals surface area (Å²) in [5.41, 5.74) is 5.67. The van der Waals surface area contributed by atoms with Gasteiger partial charge in [0.15, 0.2) is 0 Å². The fourth-order valence-electron chi connectivity index (χ4n) is 3.25. The molecule has 0 amide bonds. The lowest BCUT2D eigenvalue weighted by Gasteiger charge is -2.27. The minimum atomic E-state index is 1.07. The minimum Gasteiger partial charge on any atom is -0.346 e. The van der Waals surface area contributed by atoms with Crippen molar-refractivity contribution in [1.29, 1.82) is 0 Å². The SMILES string of the molecule is Cc1c(CN2CCNCC2)n(C)c2c(C)cccc12. The first-order valence-corrected chi connectivity index (χ1v) is 7.15. The van der Waals surface area contributed by atoms with E-state index in [0.29, 0.717) is 0 Å². The molecule has 0 spiro atoms. The lowest BCUT2D eigenvalue weighted by molar-refractivity contribution is 0.228. The highest BCUT2D eigenvalue weighted by Crippen LogP contribution is 2.27. The van der Waals surface area contributed by atoms with Crippen LogP contribution in [0.4, 0.5) is 0 Å². The van der Waals surface area contributed by atoms with Crippen LogP contribution in [0.15, 0.2) is 18.2 Å². The summed E-state index contributed by atoms with van der Waals surface area (Å²) in [4.78, 5) is 2.55. The Morgan fingerprint density at radius 3 is 2.58 bits per heavy atom. The first kappa shape index (κ1) is 12.7. The Balaban J connectivity index is 2.01. The van der Waals surface area contributed by atoms with Crippen molar-refractivity contribution in [1.82, 2.24) is 14.8 Å².